The summed E-state index contributed by atoms with van der Waals surface area (Å²) in [6.45, 7) is 3.55. The molecule has 0 aliphatic carbocycles. The molecule has 0 unspecified atom stereocenters. The first-order chi connectivity index (χ1) is 12.0. The maximum Gasteiger partial charge on any atom is 0.328 e. The monoisotopic (exact) mass is 342 g/mol. The van der Waals surface area contributed by atoms with Crippen molar-refractivity contribution >= 4 is 23.0 Å². The molecule has 1 fully saturated rings. The van der Waals surface area contributed by atoms with Gasteiger partial charge in [0.1, 0.15) is 11.7 Å². The van der Waals surface area contributed by atoms with Crippen molar-refractivity contribution < 1.29 is 19.8 Å². The normalized spacial score (nSPS) is 13.7. The van der Waals surface area contributed by atoms with Crippen LogP contribution in [0, 0.1) is 11.3 Å². The third kappa shape index (κ3) is 5.44. The molecule has 0 spiro atoms. The maximum absolute atomic E-state index is 9.55. The van der Waals surface area contributed by atoms with E-state index in [1.54, 1.807) is 6.20 Å². The molecule has 130 valence electrons. The summed E-state index contributed by atoms with van der Waals surface area (Å²) in [4.78, 5) is 29.0. The molecule has 3 N–H and O–H groups in total. The Kier molecular flexibility index (Phi) is 6.26. The van der Waals surface area contributed by atoms with Crippen LogP contribution in [0.2, 0.25) is 0 Å². The second-order valence-corrected chi connectivity index (χ2v) is 5.50. The molecule has 2 aromatic heterocycles. The highest BCUT2D eigenvalue weighted by Gasteiger charge is 2.14. The molecule has 2 aromatic rings. The lowest BCUT2D eigenvalue weighted by atomic mass is 10.1. The van der Waals surface area contributed by atoms with Gasteiger partial charge in [-0.2, -0.15) is 5.26 Å². The van der Waals surface area contributed by atoms with E-state index in [0.29, 0.717) is 17.7 Å². The average molecular weight is 342 g/mol. The van der Waals surface area contributed by atoms with E-state index in [2.05, 4.69) is 20.9 Å². The van der Waals surface area contributed by atoms with Crippen molar-refractivity contribution in [2.45, 2.75) is 12.8 Å². The fourth-order valence-corrected chi connectivity index (χ4v) is 2.35. The number of nitrogens with zero attached hydrogens (tertiary/aromatic N) is 3. The van der Waals surface area contributed by atoms with Gasteiger partial charge in [0.15, 0.2) is 0 Å². The molecule has 0 radical (unpaired) electrons. The smallest absolute Gasteiger partial charge is 0.328 e. The van der Waals surface area contributed by atoms with E-state index in [1.807, 2.05) is 12.3 Å². The van der Waals surface area contributed by atoms with E-state index >= 15 is 0 Å². The Morgan fingerprint density at radius 3 is 2.52 bits per heavy atom. The summed E-state index contributed by atoms with van der Waals surface area (Å²) < 4.78 is 0. The molecule has 1 saturated heterocycles. The van der Waals surface area contributed by atoms with E-state index in [1.165, 1.54) is 25.1 Å². The number of aromatic nitrogens is 2. The lowest BCUT2D eigenvalue weighted by Gasteiger charge is -2.30. The van der Waals surface area contributed by atoms with Crippen LogP contribution in [0.25, 0.3) is 11.0 Å². The molecular formula is C17H18N4O4. The van der Waals surface area contributed by atoms with Crippen LogP contribution in [0.3, 0.4) is 0 Å². The number of likely N-dealkylation sites (tertiary alicyclic amines) is 1. The number of rotatable bonds is 5. The zero-order valence-electron chi connectivity index (χ0n) is 13.5. The molecule has 0 amide bonds. The van der Waals surface area contributed by atoms with Crippen molar-refractivity contribution in [2.75, 3.05) is 19.6 Å². The first-order valence-electron chi connectivity index (χ1n) is 7.72. The SMILES string of the molecule is N#Cc1cnc2[nH]cc(CCN3CCC3)c2c1.O=C(O)/C=C/C(=O)O. The second-order valence-electron chi connectivity index (χ2n) is 5.50. The minimum absolute atomic E-state index is 0.558. The Bertz CT molecular complexity index is 815. The number of hydrogen-bond acceptors (Lipinski definition) is 5. The molecule has 0 atom stereocenters. The van der Waals surface area contributed by atoms with Gasteiger partial charge in [0.2, 0.25) is 0 Å². The van der Waals surface area contributed by atoms with E-state index < -0.39 is 11.9 Å². The van der Waals surface area contributed by atoms with Crippen LogP contribution in [-0.2, 0) is 16.0 Å². The Morgan fingerprint density at radius 2 is 2.00 bits per heavy atom. The fraction of sp³-hybridized carbons (Fsp3) is 0.294. The minimum atomic E-state index is -1.26. The number of fused-ring (bicyclic) bond motifs is 1. The number of H-pyrrole nitrogens is 1. The van der Waals surface area contributed by atoms with E-state index in [4.69, 9.17) is 15.5 Å². The summed E-state index contributed by atoms with van der Waals surface area (Å²) in [6, 6.07) is 4.06. The van der Waals surface area contributed by atoms with Crippen molar-refractivity contribution in [3.8, 4) is 6.07 Å². The van der Waals surface area contributed by atoms with Gasteiger partial charge in [-0.15, -0.1) is 0 Å². The molecular weight excluding hydrogens is 324 g/mol. The van der Waals surface area contributed by atoms with E-state index in [9.17, 15) is 9.59 Å². The van der Waals surface area contributed by atoms with Crippen LogP contribution in [0.4, 0.5) is 0 Å². The van der Waals surface area contributed by atoms with Gasteiger partial charge in [-0.25, -0.2) is 14.6 Å². The number of carboxylic acid groups (broad SMARTS) is 2. The number of aromatic amines is 1. The van der Waals surface area contributed by atoms with Crippen molar-refractivity contribution in [1.29, 1.82) is 5.26 Å². The number of carboxylic acids is 2. The Hall–Kier alpha value is -3.18. The Morgan fingerprint density at radius 1 is 1.32 bits per heavy atom. The van der Waals surface area contributed by atoms with Gasteiger partial charge in [-0.1, -0.05) is 0 Å². The summed E-state index contributed by atoms with van der Waals surface area (Å²) in [5.74, 6) is -2.51. The number of nitrogens with one attached hydrogen (secondary N) is 1. The molecule has 1 aliphatic rings. The Labute approximate surface area is 144 Å². The highest BCUT2D eigenvalue weighted by Crippen LogP contribution is 2.19. The molecule has 0 bridgehead atoms. The fourth-order valence-electron chi connectivity index (χ4n) is 2.35. The molecule has 3 heterocycles. The zero-order chi connectivity index (χ0) is 18.2. The van der Waals surface area contributed by atoms with Gasteiger partial charge < -0.3 is 20.1 Å². The minimum Gasteiger partial charge on any atom is -0.478 e. The molecule has 0 saturated carbocycles. The number of aliphatic carboxylic acids is 2. The number of pyridine rings is 1. The summed E-state index contributed by atoms with van der Waals surface area (Å²) in [7, 11) is 0. The predicted molar refractivity (Wildman–Crippen MR) is 90.0 cm³/mol. The number of carbonyl (C=O) groups is 2. The highest BCUT2D eigenvalue weighted by molar-refractivity contribution is 5.89. The largest absolute Gasteiger partial charge is 0.478 e. The lowest BCUT2D eigenvalue weighted by molar-refractivity contribution is -0.134. The molecule has 8 heteroatoms. The van der Waals surface area contributed by atoms with Crippen LogP contribution in [0.5, 0.6) is 0 Å². The van der Waals surface area contributed by atoms with Crippen molar-refractivity contribution in [2.24, 2.45) is 0 Å². The average Bonchev–Trinajstić information content (AvgIpc) is 2.94. The first-order valence-corrected chi connectivity index (χ1v) is 7.72. The number of nitriles is 1. The van der Waals surface area contributed by atoms with Gasteiger partial charge in [0.05, 0.1) is 5.56 Å². The van der Waals surface area contributed by atoms with Crippen LogP contribution in [-0.4, -0.2) is 56.7 Å². The third-order valence-corrected chi connectivity index (χ3v) is 3.76. The maximum atomic E-state index is 9.55. The van der Waals surface area contributed by atoms with Crippen molar-refractivity contribution in [3.05, 3.63) is 41.7 Å². The van der Waals surface area contributed by atoms with Gasteiger partial charge >= 0.3 is 11.9 Å². The second kappa shape index (κ2) is 8.61. The molecule has 25 heavy (non-hydrogen) atoms. The highest BCUT2D eigenvalue weighted by atomic mass is 16.4. The van der Waals surface area contributed by atoms with E-state index in [0.717, 1.165) is 24.0 Å². The summed E-state index contributed by atoms with van der Waals surface area (Å²) >= 11 is 0. The molecule has 3 rings (SSSR count). The first kappa shape index (κ1) is 18.2. The summed E-state index contributed by atoms with van der Waals surface area (Å²) in [5.41, 5.74) is 2.77. The molecule has 1 aliphatic heterocycles. The van der Waals surface area contributed by atoms with Crippen LogP contribution in [0.1, 0.15) is 17.5 Å². The number of hydrogen-bond donors (Lipinski definition) is 3. The van der Waals surface area contributed by atoms with Gasteiger partial charge in [-0.05, 0) is 37.6 Å². The third-order valence-electron chi connectivity index (χ3n) is 3.76. The quantitative estimate of drug-likeness (QED) is 0.700. The summed E-state index contributed by atoms with van der Waals surface area (Å²) in [5, 5.41) is 25.6. The van der Waals surface area contributed by atoms with Crippen LogP contribution in [0.15, 0.2) is 30.6 Å². The predicted octanol–water partition coefficient (Wildman–Crippen LogP) is 1.39. The standard InChI is InChI=1S/C13H14N4.C4H4O4/c14-7-10-6-12-11(2-5-17-3-1-4-17)9-16-13(12)15-8-10;5-3(6)1-2-4(7)8/h6,8-9H,1-5H2,(H,15,16);1-2H,(H,5,6)(H,7,8)/b;2-1+. The zero-order valence-corrected chi connectivity index (χ0v) is 13.5. The Balaban J connectivity index is 0.000000242. The van der Waals surface area contributed by atoms with Crippen LogP contribution >= 0.6 is 0 Å². The van der Waals surface area contributed by atoms with Gasteiger partial charge in [0, 0.05) is 36.5 Å². The van der Waals surface area contributed by atoms with E-state index in [-0.39, 0.29) is 0 Å². The van der Waals surface area contributed by atoms with Gasteiger partial charge in [-0.3, -0.25) is 0 Å². The summed E-state index contributed by atoms with van der Waals surface area (Å²) in [6.07, 6.45) is 7.09. The molecule has 0 aromatic carbocycles. The van der Waals surface area contributed by atoms with Crippen LogP contribution < -0.4 is 0 Å². The lowest BCUT2D eigenvalue weighted by Crippen LogP contribution is -2.38. The topological polar surface area (TPSA) is 130 Å². The van der Waals surface area contributed by atoms with Crippen molar-refractivity contribution in [3.63, 3.8) is 0 Å². The van der Waals surface area contributed by atoms with Crippen molar-refractivity contribution in [1.82, 2.24) is 14.9 Å². The van der Waals surface area contributed by atoms with Gasteiger partial charge in [0.25, 0.3) is 0 Å². The molecule has 8 nitrogen and oxygen atoms in total.